The predicted octanol–water partition coefficient (Wildman–Crippen LogP) is 2.70. The van der Waals surface area contributed by atoms with Crippen LogP contribution >= 0.6 is 0 Å². The van der Waals surface area contributed by atoms with Gasteiger partial charge in [-0.3, -0.25) is 9.69 Å². The summed E-state index contributed by atoms with van der Waals surface area (Å²) in [7, 11) is 1.73. The first kappa shape index (κ1) is 22.9. The topological polar surface area (TPSA) is 73.2 Å². The van der Waals surface area contributed by atoms with E-state index < -0.39 is 23.2 Å². The Morgan fingerprint density at radius 2 is 2.19 bits per heavy atom. The van der Waals surface area contributed by atoms with E-state index in [2.05, 4.69) is 23.3 Å². The van der Waals surface area contributed by atoms with E-state index in [0.717, 1.165) is 28.8 Å². The predicted molar refractivity (Wildman–Crippen MR) is 137 cm³/mol. The number of likely N-dealkylation sites (N-methyl/N-ethyl adjacent to an activating group) is 1. The molecule has 0 unspecified atom stereocenters. The number of rotatable bonds is 3. The summed E-state index contributed by atoms with van der Waals surface area (Å²) in [5.74, 6) is 5.93. The number of benzene rings is 2. The molecule has 36 heavy (non-hydrogen) atoms. The van der Waals surface area contributed by atoms with Crippen LogP contribution in [0.4, 0.5) is 0 Å². The van der Waals surface area contributed by atoms with Crippen LogP contribution < -0.4 is 4.74 Å². The first-order valence-corrected chi connectivity index (χ1v) is 12.4. The molecule has 4 aliphatic rings. The highest BCUT2D eigenvalue weighted by Crippen LogP contribution is 2.64. The normalized spacial score (nSPS) is 31.0. The lowest BCUT2D eigenvalue weighted by Gasteiger charge is -2.62. The van der Waals surface area contributed by atoms with Crippen molar-refractivity contribution in [3.63, 3.8) is 0 Å². The lowest BCUT2D eigenvalue weighted by molar-refractivity contribution is -0.152. The van der Waals surface area contributed by atoms with Gasteiger partial charge in [0.15, 0.2) is 11.5 Å². The Kier molecular flexibility index (Phi) is 5.08. The quantitative estimate of drug-likeness (QED) is 0.520. The largest absolute Gasteiger partial charge is 0.504 e. The average Bonchev–Trinajstić information content (AvgIpc) is 3.21. The molecule has 2 heterocycles. The number of carbonyl (C=O) groups excluding carboxylic acids is 1. The Hall–Kier alpha value is -3.53. The van der Waals surface area contributed by atoms with Crippen molar-refractivity contribution in [1.29, 1.82) is 0 Å². The van der Waals surface area contributed by atoms with Crippen molar-refractivity contribution < 1.29 is 19.7 Å². The van der Waals surface area contributed by atoms with Gasteiger partial charge >= 0.3 is 0 Å². The molecule has 0 radical (unpaired) electrons. The van der Waals surface area contributed by atoms with Crippen LogP contribution in [0.1, 0.15) is 28.7 Å². The number of carbonyl (C=O) groups is 1. The van der Waals surface area contributed by atoms with Crippen LogP contribution in [0.3, 0.4) is 0 Å². The van der Waals surface area contributed by atoms with Crippen molar-refractivity contribution in [3.05, 3.63) is 83.5 Å². The van der Waals surface area contributed by atoms with Crippen molar-refractivity contribution in [2.24, 2.45) is 0 Å². The first-order chi connectivity index (χ1) is 17.3. The van der Waals surface area contributed by atoms with Gasteiger partial charge in [0, 0.05) is 43.2 Å². The van der Waals surface area contributed by atoms with Crippen LogP contribution in [-0.4, -0.2) is 69.8 Å². The number of phenols is 1. The fraction of sp³-hybridized carbons (Fsp3) is 0.367. The Morgan fingerprint density at radius 3 is 2.97 bits per heavy atom. The number of hydrogen-bond acceptors (Lipinski definition) is 5. The van der Waals surface area contributed by atoms with Gasteiger partial charge in [-0.1, -0.05) is 42.3 Å². The molecule has 5 atom stereocenters. The fourth-order valence-corrected chi connectivity index (χ4v) is 6.96. The molecular weight excluding hydrogens is 452 g/mol. The Bertz CT molecular complexity index is 1370. The second-order valence-corrected chi connectivity index (χ2v) is 10.4. The molecule has 6 heteroatoms. The van der Waals surface area contributed by atoms with E-state index in [1.807, 2.05) is 55.5 Å². The van der Waals surface area contributed by atoms with E-state index in [1.54, 1.807) is 18.0 Å². The third kappa shape index (κ3) is 2.97. The van der Waals surface area contributed by atoms with E-state index in [1.165, 1.54) is 0 Å². The molecule has 2 bridgehead atoms. The molecule has 2 N–H and O–H groups in total. The summed E-state index contributed by atoms with van der Waals surface area (Å²) in [6, 6.07) is 10.7. The van der Waals surface area contributed by atoms with Gasteiger partial charge in [-0.2, -0.15) is 0 Å². The molecule has 0 saturated carbocycles. The number of amides is 1. The molecule has 2 aromatic carbocycles. The van der Waals surface area contributed by atoms with Gasteiger partial charge in [0.05, 0.1) is 11.5 Å². The molecule has 1 saturated heterocycles. The molecule has 184 valence electrons. The number of nitrogens with zero attached hydrogens (tertiary/aromatic N) is 2. The number of ether oxygens (including phenoxy) is 1. The second kappa shape index (κ2) is 7.99. The molecule has 1 spiro atoms. The molecule has 6 rings (SSSR count). The number of phenolic OH excluding ortho intramolecular Hbond substituents is 1. The molecular formula is C30H30N2O4. The highest BCUT2D eigenvalue weighted by molar-refractivity contribution is 5.94. The summed E-state index contributed by atoms with van der Waals surface area (Å²) in [6.07, 6.45) is 6.37. The number of hydrogen-bond donors (Lipinski definition) is 2. The van der Waals surface area contributed by atoms with E-state index in [9.17, 15) is 15.0 Å². The van der Waals surface area contributed by atoms with Crippen molar-refractivity contribution in [2.75, 3.05) is 20.1 Å². The second-order valence-electron chi connectivity index (χ2n) is 10.4. The zero-order valence-electron chi connectivity index (χ0n) is 20.6. The molecule has 0 aromatic heterocycles. The van der Waals surface area contributed by atoms with Gasteiger partial charge in [0.2, 0.25) is 0 Å². The zero-order valence-corrected chi connectivity index (χ0v) is 20.6. The number of aromatic hydroxyl groups is 1. The molecule has 2 aliphatic heterocycles. The highest BCUT2D eigenvalue weighted by Gasteiger charge is 2.72. The lowest BCUT2D eigenvalue weighted by Crippen LogP contribution is -2.76. The third-order valence-corrected chi connectivity index (χ3v) is 8.59. The average molecular weight is 483 g/mol. The number of aliphatic hydroxyl groups is 1. The van der Waals surface area contributed by atoms with Gasteiger partial charge in [-0.25, -0.2) is 0 Å². The van der Waals surface area contributed by atoms with Crippen molar-refractivity contribution >= 4 is 5.91 Å². The van der Waals surface area contributed by atoms with Crippen LogP contribution in [-0.2, 0) is 16.6 Å². The van der Waals surface area contributed by atoms with Gasteiger partial charge in [-0.05, 0) is 49.1 Å². The smallest absolute Gasteiger partial charge is 0.299 e. The maximum absolute atomic E-state index is 13.2. The third-order valence-electron chi connectivity index (χ3n) is 8.59. The summed E-state index contributed by atoms with van der Waals surface area (Å²) in [4.78, 5) is 17.1. The summed E-state index contributed by atoms with van der Waals surface area (Å²) >= 11 is 0. The van der Waals surface area contributed by atoms with Crippen LogP contribution in [0.2, 0.25) is 0 Å². The molecule has 2 aliphatic carbocycles. The highest BCUT2D eigenvalue weighted by atomic mass is 16.5. The Labute approximate surface area is 211 Å². The van der Waals surface area contributed by atoms with Gasteiger partial charge < -0.3 is 19.8 Å². The number of likely N-dealkylation sites (tertiary alicyclic amines) is 1. The Balaban J connectivity index is 1.42. The minimum Gasteiger partial charge on any atom is -0.504 e. The van der Waals surface area contributed by atoms with E-state index in [0.29, 0.717) is 25.1 Å². The van der Waals surface area contributed by atoms with Crippen molar-refractivity contribution in [1.82, 2.24) is 9.80 Å². The van der Waals surface area contributed by atoms with Gasteiger partial charge in [0.1, 0.15) is 11.7 Å². The number of aryl methyl sites for hydroxylation is 1. The monoisotopic (exact) mass is 482 g/mol. The maximum atomic E-state index is 13.2. The minimum atomic E-state index is -1.20. The van der Waals surface area contributed by atoms with E-state index in [-0.39, 0.29) is 17.7 Å². The number of piperidine rings is 1. The standard InChI is InChI=1S/C30H30N2O4/c1-4-15-32-16-14-29-26-21-9-10-23(33)27(26)36-28(29)22(12-13-30(29,35)24(32)18-21)31(3)25(34)11-8-20-7-5-6-19(2)17-20/h4-7,9-10,12-13,17,22,24,28,33,35H,1,14-16,18H2,2-3H3/t22-,24+,28-,29-,30+/m0/s1. The van der Waals surface area contributed by atoms with Crippen LogP contribution in [0, 0.1) is 18.8 Å². The van der Waals surface area contributed by atoms with E-state index in [4.69, 9.17) is 4.74 Å². The van der Waals surface area contributed by atoms with Gasteiger partial charge in [-0.15, -0.1) is 6.58 Å². The summed E-state index contributed by atoms with van der Waals surface area (Å²) in [5.41, 5.74) is 1.88. The molecule has 1 amide bonds. The molecule has 2 aromatic rings. The molecule has 6 nitrogen and oxygen atoms in total. The van der Waals surface area contributed by atoms with E-state index >= 15 is 0 Å². The van der Waals surface area contributed by atoms with Gasteiger partial charge in [0.25, 0.3) is 5.91 Å². The first-order valence-electron chi connectivity index (χ1n) is 12.4. The van der Waals surface area contributed by atoms with Crippen LogP contribution in [0.25, 0.3) is 0 Å². The lowest BCUT2D eigenvalue weighted by atomic mass is 9.50. The SMILES string of the molecule is C=CCN1CC[C@]23c4c5ccc(O)c4O[C@H]2[C@@H](N(C)C(=O)C#Cc2cccc(C)c2)C=C[C@@]3(O)[C@H]1C5. The summed E-state index contributed by atoms with van der Waals surface area (Å²) < 4.78 is 6.49. The van der Waals surface area contributed by atoms with Crippen LogP contribution in [0.5, 0.6) is 11.5 Å². The maximum Gasteiger partial charge on any atom is 0.299 e. The summed E-state index contributed by atoms with van der Waals surface area (Å²) in [6.45, 7) is 7.34. The fourth-order valence-electron chi connectivity index (χ4n) is 6.96. The van der Waals surface area contributed by atoms with Crippen LogP contribution in [0.15, 0.2) is 61.2 Å². The minimum absolute atomic E-state index is 0.0683. The van der Waals surface area contributed by atoms with Crippen molar-refractivity contribution in [3.8, 4) is 23.3 Å². The summed E-state index contributed by atoms with van der Waals surface area (Å²) in [5, 5.41) is 23.1. The molecule has 1 fully saturated rings. The van der Waals surface area contributed by atoms with Crippen molar-refractivity contribution in [2.45, 2.75) is 49.0 Å². The zero-order chi connectivity index (χ0) is 25.2. The Morgan fingerprint density at radius 1 is 1.36 bits per heavy atom.